The molecular weight excluding hydrogens is 704 g/mol. The van der Waals surface area contributed by atoms with Crippen molar-refractivity contribution < 1.29 is 33.8 Å². The van der Waals surface area contributed by atoms with Gasteiger partial charge in [-0.1, -0.05) is 24.3 Å². The van der Waals surface area contributed by atoms with Gasteiger partial charge < -0.3 is 14.6 Å². The number of amides is 4. The number of aromatic nitrogens is 2. The summed E-state index contributed by atoms with van der Waals surface area (Å²) in [6.07, 6.45) is 0. The van der Waals surface area contributed by atoms with E-state index >= 15 is 0 Å². The third kappa shape index (κ3) is 5.21. The van der Waals surface area contributed by atoms with Crippen molar-refractivity contribution in [2.24, 2.45) is 20.5 Å². The van der Waals surface area contributed by atoms with Crippen LogP contribution in [0.15, 0.2) is 122 Å². The van der Waals surface area contributed by atoms with Crippen molar-refractivity contribution in [3.8, 4) is 34.4 Å². The van der Waals surface area contributed by atoms with Gasteiger partial charge in [0.05, 0.1) is 22.5 Å². The van der Waals surface area contributed by atoms with Gasteiger partial charge in [0.25, 0.3) is 23.6 Å². The zero-order valence-corrected chi connectivity index (χ0v) is 28.8. The number of azo groups is 2. The quantitative estimate of drug-likeness (QED) is 0.124. The number of phenols is 2. The minimum Gasteiger partial charge on any atom is -0.505 e. The molecule has 0 saturated heterocycles. The van der Waals surface area contributed by atoms with Crippen molar-refractivity contribution in [1.82, 2.24) is 20.0 Å². The lowest BCUT2D eigenvalue weighted by atomic mass is 9.93. The summed E-state index contributed by atoms with van der Waals surface area (Å²) in [5, 5.41) is 48.5. The molecule has 0 atom stereocenters. The van der Waals surface area contributed by atoms with Crippen LogP contribution in [-0.4, -0.2) is 67.9 Å². The Hall–Kier alpha value is -7.94. The first-order valence-corrected chi connectivity index (χ1v) is 16.7. The number of aromatic hydroxyl groups is 2. The Morgan fingerprint density at radius 3 is 1.29 bits per heavy atom. The van der Waals surface area contributed by atoms with E-state index in [4.69, 9.17) is 4.42 Å². The van der Waals surface area contributed by atoms with Crippen LogP contribution in [0.3, 0.4) is 0 Å². The van der Waals surface area contributed by atoms with E-state index in [1.807, 2.05) is 0 Å². The van der Waals surface area contributed by atoms with E-state index in [1.54, 1.807) is 84.9 Å². The second kappa shape index (κ2) is 12.3. The second-order valence-electron chi connectivity index (χ2n) is 12.8. The Morgan fingerprint density at radius 1 is 0.509 bits per heavy atom. The van der Waals surface area contributed by atoms with E-state index in [0.29, 0.717) is 55.2 Å². The molecule has 7 aromatic rings. The molecule has 55 heavy (non-hydrogen) atoms. The van der Waals surface area contributed by atoms with Crippen molar-refractivity contribution in [2.45, 2.75) is 0 Å². The van der Waals surface area contributed by atoms with E-state index < -0.39 is 23.6 Å². The monoisotopic (exact) mass is 728 g/mol. The summed E-state index contributed by atoms with van der Waals surface area (Å²) < 4.78 is 5.93. The maximum absolute atomic E-state index is 12.9. The Balaban J connectivity index is 0.918. The minimum atomic E-state index is -0.496. The van der Waals surface area contributed by atoms with Crippen LogP contribution in [0.4, 0.5) is 22.7 Å². The smallest absolute Gasteiger partial charge is 0.261 e. The van der Waals surface area contributed by atoms with Crippen molar-refractivity contribution in [3.63, 3.8) is 0 Å². The van der Waals surface area contributed by atoms with Gasteiger partial charge in [0.2, 0.25) is 11.8 Å². The highest BCUT2D eigenvalue weighted by Crippen LogP contribution is 2.43. The summed E-state index contributed by atoms with van der Waals surface area (Å²) in [7, 11) is 2.81. The topological polar surface area (TPSA) is 204 Å². The van der Waals surface area contributed by atoms with Crippen molar-refractivity contribution in [3.05, 3.63) is 119 Å². The molecule has 4 amide bonds. The van der Waals surface area contributed by atoms with Crippen LogP contribution in [0.2, 0.25) is 0 Å². The fourth-order valence-electron chi connectivity index (χ4n) is 6.68. The zero-order valence-electron chi connectivity index (χ0n) is 28.8. The number of hydrogen-bond donors (Lipinski definition) is 2. The third-order valence-corrected chi connectivity index (χ3v) is 9.57. The van der Waals surface area contributed by atoms with E-state index in [1.165, 1.54) is 26.2 Å². The van der Waals surface area contributed by atoms with Crippen LogP contribution in [0.1, 0.15) is 41.4 Å². The molecule has 266 valence electrons. The highest BCUT2D eigenvalue weighted by molar-refractivity contribution is 6.27. The second-order valence-corrected chi connectivity index (χ2v) is 12.8. The van der Waals surface area contributed by atoms with Gasteiger partial charge in [-0.3, -0.25) is 29.0 Å². The average molecular weight is 729 g/mol. The number of benzene rings is 6. The Kier molecular flexibility index (Phi) is 7.39. The first-order valence-electron chi connectivity index (χ1n) is 16.7. The van der Waals surface area contributed by atoms with E-state index in [-0.39, 0.29) is 45.8 Å². The van der Waals surface area contributed by atoms with Gasteiger partial charge in [-0.25, -0.2) is 0 Å². The van der Waals surface area contributed by atoms with Crippen LogP contribution in [0.5, 0.6) is 11.5 Å². The predicted octanol–water partition coefficient (Wildman–Crippen LogP) is 8.40. The molecule has 0 unspecified atom stereocenters. The molecule has 9 rings (SSSR count). The first-order chi connectivity index (χ1) is 26.6. The molecule has 0 fully saturated rings. The number of imide groups is 2. The van der Waals surface area contributed by atoms with Crippen LogP contribution in [-0.2, 0) is 0 Å². The summed E-state index contributed by atoms with van der Waals surface area (Å²) in [6, 6.07) is 26.2. The summed E-state index contributed by atoms with van der Waals surface area (Å²) >= 11 is 0. The molecule has 1 aromatic heterocycles. The van der Waals surface area contributed by atoms with Gasteiger partial charge in [-0.2, -0.15) is 10.2 Å². The summed E-state index contributed by atoms with van der Waals surface area (Å²) in [4.78, 5) is 53.1. The molecule has 2 aliphatic heterocycles. The van der Waals surface area contributed by atoms with Gasteiger partial charge in [-0.15, -0.1) is 20.4 Å². The summed E-state index contributed by atoms with van der Waals surface area (Å²) in [5.41, 5.74) is 3.42. The highest BCUT2D eigenvalue weighted by Gasteiger charge is 2.33. The van der Waals surface area contributed by atoms with Crippen LogP contribution >= 0.6 is 0 Å². The molecule has 6 aromatic carbocycles. The van der Waals surface area contributed by atoms with Crippen LogP contribution < -0.4 is 0 Å². The number of phenolic OH excluding ortho intramolecular Hbond substituents is 2. The van der Waals surface area contributed by atoms with E-state index in [2.05, 4.69) is 30.7 Å². The van der Waals surface area contributed by atoms with Gasteiger partial charge in [0, 0.05) is 57.9 Å². The summed E-state index contributed by atoms with van der Waals surface area (Å²) in [5.74, 6) is -1.77. The third-order valence-electron chi connectivity index (χ3n) is 9.57. The summed E-state index contributed by atoms with van der Waals surface area (Å²) in [6.45, 7) is 0. The molecule has 0 aliphatic carbocycles. The lowest BCUT2D eigenvalue weighted by Crippen LogP contribution is -2.36. The first kappa shape index (κ1) is 32.9. The number of hydrogen-bond acceptors (Lipinski definition) is 13. The molecule has 0 bridgehead atoms. The Morgan fingerprint density at radius 2 is 0.891 bits per heavy atom. The SMILES string of the molecule is CN1C(=O)c2cccc3c(O)c(N=Nc4ccc(-c5nnc(-c6ccc(N=Nc7cc8c9c(cccc9c7O)C(=O)N(C)C8=O)cc6)o5)cc4)cc(c23)C1=O. The molecule has 15 heteroatoms. The van der Waals surface area contributed by atoms with Gasteiger partial charge >= 0.3 is 0 Å². The largest absolute Gasteiger partial charge is 0.505 e. The maximum Gasteiger partial charge on any atom is 0.261 e. The average Bonchev–Trinajstić information content (AvgIpc) is 3.71. The standard InChI is InChI=1S/C40H24N8O7/c1-47-37(51)25-7-3-5-23-31(25)27(39(47)53)17-29(33(23)49)43-41-21-13-9-19(10-14-21)35-45-46-36(55-35)20-11-15-22(16-12-20)42-44-30-18-28-32-24(34(30)50)6-4-8-26(32)38(52)48(2)40(28)54/h3-18,49-50H,1-2H3. The van der Waals surface area contributed by atoms with Crippen LogP contribution in [0, 0.1) is 0 Å². The van der Waals surface area contributed by atoms with Crippen LogP contribution in [0.25, 0.3) is 44.5 Å². The maximum atomic E-state index is 12.9. The lowest BCUT2D eigenvalue weighted by molar-refractivity contribution is 0.0635. The molecule has 2 aliphatic rings. The Bertz CT molecular complexity index is 2700. The molecule has 3 heterocycles. The van der Waals surface area contributed by atoms with E-state index in [0.717, 1.165) is 9.80 Å². The fraction of sp³-hybridized carbons (Fsp3) is 0.0500. The van der Waals surface area contributed by atoms with Gasteiger partial charge in [0.1, 0.15) is 11.4 Å². The fourth-order valence-corrected chi connectivity index (χ4v) is 6.68. The molecule has 0 radical (unpaired) electrons. The zero-order chi connectivity index (χ0) is 38.1. The minimum absolute atomic E-state index is 0.0759. The van der Waals surface area contributed by atoms with Crippen molar-refractivity contribution in [2.75, 3.05) is 14.1 Å². The molecule has 0 spiro atoms. The van der Waals surface area contributed by atoms with Gasteiger partial charge in [-0.05, 0) is 72.8 Å². The molecular formula is C40H24N8O7. The number of carbonyl (C=O) groups excluding carboxylic acids is 4. The van der Waals surface area contributed by atoms with Crippen molar-refractivity contribution in [1.29, 1.82) is 0 Å². The van der Waals surface area contributed by atoms with Crippen molar-refractivity contribution >= 4 is 67.9 Å². The van der Waals surface area contributed by atoms with Gasteiger partial charge in [0.15, 0.2) is 11.5 Å². The molecule has 2 N–H and O–H groups in total. The molecule has 0 saturated carbocycles. The molecule has 15 nitrogen and oxygen atoms in total. The van der Waals surface area contributed by atoms with E-state index in [9.17, 15) is 29.4 Å². The normalized spacial score (nSPS) is 14.1. The number of rotatable bonds is 6. The number of carbonyl (C=O) groups is 4. The Labute approximate surface area is 309 Å². The highest BCUT2D eigenvalue weighted by atomic mass is 16.4. The lowest BCUT2D eigenvalue weighted by Gasteiger charge is -2.24. The predicted molar refractivity (Wildman–Crippen MR) is 198 cm³/mol. The number of nitrogens with zero attached hydrogens (tertiary/aromatic N) is 8.